The highest BCUT2D eigenvalue weighted by Crippen LogP contribution is 2.28. The predicted molar refractivity (Wildman–Crippen MR) is 64.8 cm³/mol. The molecule has 8 nitrogen and oxygen atoms in total. The van der Waals surface area contributed by atoms with Gasteiger partial charge < -0.3 is 10.2 Å². The Bertz CT molecular complexity index is 453. The highest BCUT2D eigenvalue weighted by molar-refractivity contribution is 5.60. The van der Waals surface area contributed by atoms with E-state index in [-0.39, 0.29) is 11.4 Å². The average molecular weight is 252 g/mol. The fraction of sp³-hybridized carbons (Fsp3) is 0.400. The molecule has 0 bridgehead atoms. The first-order valence-electron chi connectivity index (χ1n) is 5.47. The molecule has 0 saturated carbocycles. The van der Waals surface area contributed by atoms with Crippen LogP contribution in [0.3, 0.4) is 0 Å². The summed E-state index contributed by atoms with van der Waals surface area (Å²) in [5.74, 6) is 0. The predicted octanol–water partition coefficient (Wildman–Crippen LogP) is 0.913. The van der Waals surface area contributed by atoms with Crippen LogP contribution in [0.4, 0.5) is 17.1 Å². The molecule has 1 aliphatic rings. The third-order valence-electron chi connectivity index (χ3n) is 2.79. The van der Waals surface area contributed by atoms with E-state index >= 15 is 0 Å². The van der Waals surface area contributed by atoms with Gasteiger partial charge in [-0.1, -0.05) is 0 Å². The summed E-state index contributed by atoms with van der Waals surface area (Å²) in [6.07, 6.45) is 0. The fourth-order valence-corrected chi connectivity index (χ4v) is 1.90. The van der Waals surface area contributed by atoms with E-state index in [9.17, 15) is 20.2 Å². The van der Waals surface area contributed by atoms with Gasteiger partial charge in [0.05, 0.1) is 21.6 Å². The molecule has 2 rings (SSSR count). The van der Waals surface area contributed by atoms with E-state index in [0.29, 0.717) is 18.8 Å². The molecule has 0 unspecified atom stereocenters. The third kappa shape index (κ3) is 2.54. The number of benzene rings is 1. The molecular weight excluding hydrogens is 240 g/mol. The summed E-state index contributed by atoms with van der Waals surface area (Å²) in [6.45, 7) is 2.88. The average Bonchev–Trinajstić information content (AvgIpc) is 2.39. The monoisotopic (exact) mass is 252 g/mol. The molecule has 1 aliphatic heterocycles. The van der Waals surface area contributed by atoms with Gasteiger partial charge in [0, 0.05) is 38.3 Å². The summed E-state index contributed by atoms with van der Waals surface area (Å²) in [4.78, 5) is 22.2. The van der Waals surface area contributed by atoms with Crippen LogP contribution in [-0.2, 0) is 0 Å². The quantitative estimate of drug-likeness (QED) is 0.633. The summed E-state index contributed by atoms with van der Waals surface area (Å²) in [5.41, 5.74) is 0.0212. The molecular formula is C10H12N4O4. The summed E-state index contributed by atoms with van der Waals surface area (Å²) in [5, 5.41) is 24.7. The van der Waals surface area contributed by atoms with E-state index in [0.717, 1.165) is 19.2 Å². The van der Waals surface area contributed by atoms with Crippen molar-refractivity contribution in [1.29, 1.82) is 0 Å². The Balaban J connectivity index is 2.38. The Hall–Kier alpha value is -2.22. The minimum absolute atomic E-state index is 0.252. The van der Waals surface area contributed by atoms with Crippen LogP contribution in [0.2, 0.25) is 0 Å². The molecule has 96 valence electrons. The second-order valence-corrected chi connectivity index (χ2v) is 3.96. The first-order chi connectivity index (χ1) is 8.58. The lowest BCUT2D eigenvalue weighted by Crippen LogP contribution is -2.43. The molecule has 0 aliphatic carbocycles. The lowest BCUT2D eigenvalue weighted by molar-refractivity contribution is -0.394. The SMILES string of the molecule is O=[N+]([O-])c1cc(N2CCNCC2)cc([N+](=O)[O-])c1. The van der Waals surface area contributed by atoms with Crippen molar-refractivity contribution < 1.29 is 9.85 Å². The van der Waals surface area contributed by atoms with Crippen molar-refractivity contribution in [2.45, 2.75) is 0 Å². The highest BCUT2D eigenvalue weighted by atomic mass is 16.6. The van der Waals surface area contributed by atoms with E-state index in [1.807, 2.05) is 4.90 Å². The summed E-state index contributed by atoms with van der Waals surface area (Å²) in [6, 6.07) is 3.72. The third-order valence-corrected chi connectivity index (χ3v) is 2.79. The number of nitrogens with zero attached hydrogens (tertiary/aromatic N) is 3. The molecule has 0 aromatic heterocycles. The summed E-state index contributed by atoms with van der Waals surface area (Å²) >= 11 is 0. The van der Waals surface area contributed by atoms with Gasteiger partial charge in [-0.05, 0) is 0 Å². The Morgan fingerprint density at radius 2 is 1.50 bits per heavy atom. The topological polar surface area (TPSA) is 102 Å². The van der Waals surface area contributed by atoms with E-state index in [1.165, 1.54) is 12.1 Å². The van der Waals surface area contributed by atoms with Gasteiger partial charge in [-0.15, -0.1) is 0 Å². The van der Waals surface area contributed by atoms with Crippen LogP contribution < -0.4 is 10.2 Å². The number of hydrogen-bond acceptors (Lipinski definition) is 6. The summed E-state index contributed by atoms with van der Waals surface area (Å²) < 4.78 is 0. The van der Waals surface area contributed by atoms with Crippen molar-refractivity contribution in [2.75, 3.05) is 31.1 Å². The Morgan fingerprint density at radius 1 is 1.00 bits per heavy atom. The maximum atomic E-state index is 10.8. The maximum absolute atomic E-state index is 10.8. The first kappa shape index (κ1) is 12.2. The second kappa shape index (κ2) is 4.96. The minimum Gasteiger partial charge on any atom is -0.369 e. The number of nitro groups is 2. The van der Waals surface area contributed by atoms with E-state index in [4.69, 9.17) is 0 Å². The van der Waals surface area contributed by atoms with Crippen molar-refractivity contribution in [2.24, 2.45) is 0 Å². The second-order valence-electron chi connectivity index (χ2n) is 3.96. The van der Waals surface area contributed by atoms with Gasteiger partial charge in [-0.25, -0.2) is 0 Å². The molecule has 0 atom stereocenters. The van der Waals surface area contributed by atoms with Gasteiger partial charge in [0.1, 0.15) is 0 Å². The summed E-state index contributed by atoms with van der Waals surface area (Å²) in [7, 11) is 0. The number of rotatable bonds is 3. The Labute approximate surface area is 103 Å². The molecule has 8 heteroatoms. The lowest BCUT2D eigenvalue weighted by Gasteiger charge is -2.29. The van der Waals surface area contributed by atoms with Crippen molar-refractivity contribution in [3.05, 3.63) is 38.4 Å². The lowest BCUT2D eigenvalue weighted by atomic mass is 10.2. The van der Waals surface area contributed by atoms with Gasteiger partial charge in [0.25, 0.3) is 11.4 Å². The number of piperazine rings is 1. The van der Waals surface area contributed by atoms with Gasteiger partial charge in [0.15, 0.2) is 0 Å². The molecule has 1 fully saturated rings. The zero-order valence-electron chi connectivity index (χ0n) is 9.54. The normalized spacial score (nSPS) is 15.4. The van der Waals surface area contributed by atoms with Crippen molar-refractivity contribution in [1.82, 2.24) is 5.32 Å². The number of hydrogen-bond donors (Lipinski definition) is 1. The van der Waals surface area contributed by atoms with Crippen LogP contribution >= 0.6 is 0 Å². The largest absolute Gasteiger partial charge is 0.369 e. The smallest absolute Gasteiger partial charge is 0.278 e. The number of anilines is 1. The van der Waals surface area contributed by atoms with Gasteiger partial charge in [0.2, 0.25) is 0 Å². The zero-order chi connectivity index (χ0) is 13.1. The number of non-ortho nitro benzene ring substituents is 2. The molecule has 1 aromatic rings. The fourth-order valence-electron chi connectivity index (χ4n) is 1.90. The number of nitrogens with one attached hydrogen (secondary N) is 1. The van der Waals surface area contributed by atoms with E-state index in [2.05, 4.69) is 5.32 Å². The number of nitro benzene ring substituents is 2. The molecule has 1 saturated heterocycles. The van der Waals surface area contributed by atoms with E-state index < -0.39 is 9.85 Å². The molecule has 0 amide bonds. The maximum Gasteiger partial charge on any atom is 0.278 e. The molecule has 1 aromatic carbocycles. The highest BCUT2D eigenvalue weighted by Gasteiger charge is 2.20. The van der Waals surface area contributed by atoms with Crippen molar-refractivity contribution >= 4 is 17.1 Å². The molecule has 18 heavy (non-hydrogen) atoms. The molecule has 1 N–H and O–H groups in total. The van der Waals surface area contributed by atoms with Crippen molar-refractivity contribution in [3.8, 4) is 0 Å². The van der Waals surface area contributed by atoms with Crippen LogP contribution in [0.1, 0.15) is 0 Å². The van der Waals surface area contributed by atoms with Crippen LogP contribution in [0.25, 0.3) is 0 Å². The van der Waals surface area contributed by atoms with E-state index in [1.54, 1.807) is 0 Å². The molecule has 1 heterocycles. The van der Waals surface area contributed by atoms with Crippen LogP contribution in [0, 0.1) is 20.2 Å². The van der Waals surface area contributed by atoms with Gasteiger partial charge >= 0.3 is 0 Å². The van der Waals surface area contributed by atoms with Crippen LogP contribution in [-0.4, -0.2) is 36.0 Å². The standard InChI is InChI=1S/C10H12N4O4/c15-13(16)9-5-8(6-10(7-9)14(17)18)12-3-1-11-2-4-12/h5-7,11H,1-4H2. The van der Waals surface area contributed by atoms with Gasteiger partial charge in [-0.3, -0.25) is 20.2 Å². The first-order valence-corrected chi connectivity index (χ1v) is 5.47. The van der Waals surface area contributed by atoms with Crippen molar-refractivity contribution in [3.63, 3.8) is 0 Å². The Kier molecular flexibility index (Phi) is 3.38. The molecule has 0 radical (unpaired) electrons. The minimum atomic E-state index is -0.612. The van der Waals surface area contributed by atoms with Gasteiger partial charge in [-0.2, -0.15) is 0 Å². The Morgan fingerprint density at radius 3 is 1.94 bits per heavy atom. The van der Waals surface area contributed by atoms with Crippen LogP contribution in [0.15, 0.2) is 18.2 Å². The zero-order valence-corrected chi connectivity index (χ0v) is 9.54. The van der Waals surface area contributed by atoms with Crippen LogP contribution in [0.5, 0.6) is 0 Å². The molecule has 0 spiro atoms.